The van der Waals surface area contributed by atoms with E-state index in [2.05, 4.69) is 10.0 Å². The van der Waals surface area contributed by atoms with E-state index in [0.29, 0.717) is 25.2 Å². The first-order chi connectivity index (χ1) is 14.0. The Balaban J connectivity index is 1.96. The minimum Gasteiger partial charge on any atom is -0.380 e. The van der Waals surface area contributed by atoms with Gasteiger partial charge in [-0.25, -0.2) is 17.5 Å². The molecule has 1 aliphatic heterocycles. The molecule has 0 aliphatic carbocycles. The van der Waals surface area contributed by atoms with Crippen molar-refractivity contribution in [1.82, 2.24) is 4.72 Å². The first-order valence-corrected chi connectivity index (χ1v) is 10.3. The Bertz CT molecular complexity index is 1060. The van der Waals surface area contributed by atoms with Crippen LogP contribution in [0.5, 0.6) is 0 Å². The highest BCUT2D eigenvalue weighted by atomic mass is 32.2. The van der Waals surface area contributed by atoms with Crippen molar-refractivity contribution in [2.24, 2.45) is 0 Å². The molecule has 162 valence electrons. The van der Waals surface area contributed by atoms with Crippen molar-refractivity contribution in [2.45, 2.75) is 30.5 Å². The Morgan fingerprint density at radius 1 is 1.17 bits per heavy atom. The van der Waals surface area contributed by atoms with Crippen molar-refractivity contribution in [3.05, 3.63) is 58.9 Å². The van der Waals surface area contributed by atoms with Crippen LogP contribution in [0.1, 0.15) is 27.9 Å². The van der Waals surface area contributed by atoms with Crippen molar-refractivity contribution in [1.29, 1.82) is 0 Å². The quantitative estimate of drug-likeness (QED) is 0.689. The third-order valence-electron chi connectivity index (χ3n) is 4.52. The molecule has 6 nitrogen and oxygen atoms in total. The highest BCUT2D eigenvalue weighted by molar-refractivity contribution is 7.89. The third kappa shape index (κ3) is 4.97. The molecule has 1 amide bonds. The van der Waals surface area contributed by atoms with E-state index in [9.17, 15) is 30.8 Å². The van der Waals surface area contributed by atoms with E-state index in [-0.39, 0.29) is 17.9 Å². The van der Waals surface area contributed by atoms with Gasteiger partial charge in [0.1, 0.15) is 5.82 Å². The maximum absolute atomic E-state index is 13.4. The van der Waals surface area contributed by atoms with Crippen molar-refractivity contribution in [3.8, 4) is 0 Å². The molecule has 11 heteroatoms. The molecule has 1 atom stereocenters. The molecule has 2 N–H and O–H groups in total. The average molecular weight is 446 g/mol. The Labute approximate surface area is 170 Å². The summed E-state index contributed by atoms with van der Waals surface area (Å²) in [6, 6.07) is 5.01. The lowest BCUT2D eigenvalue weighted by atomic mass is 10.1. The highest BCUT2D eigenvalue weighted by Gasteiger charge is 2.36. The molecule has 2 aromatic rings. The zero-order chi connectivity index (χ0) is 22.1. The summed E-state index contributed by atoms with van der Waals surface area (Å²) in [5.41, 5.74) is -1.90. The number of amides is 1. The number of alkyl halides is 3. The largest absolute Gasteiger partial charge is 0.417 e. The number of carbonyl (C=O) groups is 1. The first-order valence-electron chi connectivity index (χ1n) is 8.86. The van der Waals surface area contributed by atoms with Crippen molar-refractivity contribution >= 4 is 21.6 Å². The number of carbonyl (C=O) groups excluding carboxylic acids is 1. The molecule has 0 spiro atoms. The third-order valence-corrected chi connectivity index (χ3v) is 6.04. The molecule has 1 saturated heterocycles. The molecule has 1 fully saturated rings. The number of anilines is 1. The highest BCUT2D eigenvalue weighted by Crippen LogP contribution is 2.34. The van der Waals surface area contributed by atoms with Gasteiger partial charge < -0.3 is 10.1 Å². The van der Waals surface area contributed by atoms with E-state index in [4.69, 9.17) is 4.74 Å². The smallest absolute Gasteiger partial charge is 0.380 e. The fraction of sp³-hybridized carbons (Fsp3) is 0.316. The number of hydrogen-bond donors (Lipinski definition) is 2. The zero-order valence-electron chi connectivity index (χ0n) is 15.7. The molecule has 2 aromatic carbocycles. The van der Waals surface area contributed by atoms with Crippen LogP contribution in [0.25, 0.3) is 0 Å². The molecule has 1 heterocycles. The van der Waals surface area contributed by atoms with Gasteiger partial charge in [-0.05, 0) is 55.3 Å². The van der Waals surface area contributed by atoms with Gasteiger partial charge in [0, 0.05) is 18.3 Å². The van der Waals surface area contributed by atoms with Gasteiger partial charge in [-0.1, -0.05) is 0 Å². The lowest BCUT2D eigenvalue weighted by Gasteiger charge is -2.16. The summed E-state index contributed by atoms with van der Waals surface area (Å²) in [5.74, 6) is -1.71. The van der Waals surface area contributed by atoms with Gasteiger partial charge in [0.15, 0.2) is 0 Å². The number of ether oxygens (including phenoxy) is 1. The number of aryl methyl sites for hydroxylation is 1. The van der Waals surface area contributed by atoms with Crippen LogP contribution in [0.2, 0.25) is 0 Å². The predicted octanol–water partition coefficient (Wildman–Crippen LogP) is 3.47. The molecule has 1 unspecified atom stereocenters. The molecule has 3 rings (SSSR count). The predicted molar refractivity (Wildman–Crippen MR) is 100 cm³/mol. The van der Waals surface area contributed by atoms with Crippen LogP contribution in [0, 0.1) is 12.7 Å². The Kier molecular flexibility index (Phi) is 6.16. The molecule has 0 saturated carbocycles. The minimum absolute atomic E-state index is 0.0708. The van der Waals surface area contributed by atoms with Crippen LogP contribution < -0.4 is 10.0 Å². The van der Waals surface area contributed by atoms with Gasteiger partial charge in [0.2, 0.25) is 10.0 Å². The van der Waals surface area contributed by atoms with Gasteiger partial charge in [0.25, 0.3) is 5.91 Å². The van der Waals surface area contributed by atoms with Gasteiger partial charge in [0.05, 0.1) is 22.6 Å². The van der Waals surface area contributed by atoms with Gasteiger partial charge in [-0.2, -0.15) is 13.2 Å². The minimum atomic E-state index is -4.89. The number of benzene rings is 2. The van der Waals surface area contributed by atoms with E-state index in [1.807, 2.05) is 0 Å². The summed E-state index contributed by atoms with van der Waals surface area (Å²) in [5, 5.41) is 2.25. The fourth-order valence-electron chi connectivity index (χ4n) is 2.96. The van der Waals surface area contributed by atoms with Gasteiger partial charge >= 0.3 is 6.18 Å². The number of sulfonamides is 1. The Morgan fingerprint density at radius 2 is 1.90 bits per heavy atom. The van der Waals surface area contributed by atoms with Crippen molar-refractivity contribution < 1.29 is 35.5 Å². The average Bonchev–Trinajstić information content (AvgIpc) is 3.15. The molecule has 1 aliphatic rings. The van der Waals surface area contributed by atoms with Crippen LogP contribution >= 0.6 is 0 Å². The molecule has 30 heavy (non-hydrogen) atoms. The molecule has 0 radical (unpaired) electrons. The van der Waals surface area contributed by atoms with Crippen molar-refractivity contribution in [2.75, 3.05) is 18.5 Å². The number of rotatable bonds is 5. The summed E-state index contributed by atoms with van der Waals surface area (Å²) in [4.78, 5) is 12.1. The second-order valence-electron chi connectivity index (χ2n) is 6.81. The van der Waals surface area contributed by atoms with E-state index >= 15 is 0 Å². The second kappa shape index (κ2) is 8.32. The van der Waals surface area contributed by atoms with Crippen LogP contribution in [0.15, 0.2) is 41.3 Å². The molecular formula is C19H18F4N2O4S. The van der Waals surface area contributed by atoms with Crippen LogP contribution in [0.4, 0.5) is 23.2 Å². The van der Waals surface area contributed by atoms with Crippen LogP contribution in [-0.4, -0.2) is 33.6 Å². The second-order valence-corrected chi connectivity index (χ2v) is 8.52. The zero-order valence-corrected chi connectivity index (χ0v) is 16.5. The van der Waals surface area contributed by atoms with Crippen LogP contribution in [0.3, 0.4) is 0 Å². The standard InChI is InChI=1S/C19H18F4N2O4S/c1-11-8-12(2-5-17(11)20)24-18(26)15-9-14(3-4-16(15)19(21,22)23)30(27,28)25-13-6-7-29-10-13/h2-5,8-9,13,25H,6-7,10H2,1H3,(H,24,26). The summed E-state index contributed by atoms with van der Waals surface area (Å²) in [6.45, 7) is 1.94. The fourth-order valence-corrected chi connectivity index (χ4v) is 4.24. The normalized spacial score (nSPS) is 17.2. The number of hydrogen-bond acceptors (Lipinski definition) is 4. The maximum Gasteiger partial charge on any atom is 0.417 e. The Hall–Kier alpha value is -2.50. The van der Waals surface area contributed by atoms with Gasteiger partial charge in [-0.15, -0.1) is 0 Å². The molecule has 0 bridgehead atoms. The number of halogens is 4. The van der Waals surface area contributed by atoms with Gasteiger partial charge in [-0.3, -0.25) is 4.79 Å². The van der Waals surface area contributed by atoms with Crippen LogP contribution in [-0.2, 0) is 20.9 Å². The summed E-state index contributed by atoms with van der Waals surface area (Å²) in [6.07, 6.45) is -4.46. The van der Waals surface area contributed by atoms with E-state index in [0.717, 1.165) is 12.1 Å². The lowest BCUT2D eigenvalue weighted by Crippen LogP contribution is -2.35. The van der Waals surface area contributed by atoms with Crippen molar-refractivity contribution in [3.63, 3.8) is 0 Å². The molecular weight excluding hydrogens is 428 g/mol. The first kappa shape index (κ1) is 22.2. The summed E-state index contributed by atoms with van der Waals surface area (Å²) >= 11 is 0. The SMILES string of the molecule is Cc1cc(NC(=O)c2cc(S(=O)(=O)NC3CCOC3)ccc2C(F)(F)F)ccc1F. The Morgan fingerprint density at radius 3 is 2.50 bits per heavy atom. The van der Waals surface area contributed by atoms with E-state index in [1.165, 1.54) is 19.1 Å². The summed E-state index contributed by atoms with van der Waals surface area (Å²) < 4.78 is 86.1. The summed E-state index contributed by atoms with van der Waals surface area (Å²) in [7, 11) is -4.17. The number of nitrogens with one attached hydrogen (secondary N) is 2. The lowest BCUT2D eigenvalue weighted by molar-refractivity contribution is -0.137. The van der Waals surface area contributed by atoms with E-state index in [1.54, 1.807) is 0 Å². The topological polar surface area (TPSA) is 84.5 Å². The maximum atomic E-state index is 13.4. The van der Waals surface area contributed by atoms with E-state index < -0.39 is 50.0 Å². The monoisotopic (exact) mass is 446 g/mol. The molecule has 0 aromatic heterocycles.